The first-order valence-corrected chi connectivity index (χ1v) is 6.80. The maximum absolute atomic E-state index is 5.78. The number of likely N-dealkylation sites (N-methyl/N-ethyl adjacent to an activating group) is 1. The average molecular weight is 247 g/mol. The molecular weight excluding hydrogens is 222 g/mol. The number of benzene rings is 1. The number of hydrogen-bond donors (Lipinski definition) is 1. The number of nitrogens with zero attached hydrogens (tertiary/aromatic N) is 2. The van der Waals surface area contributed by atoms with Crippen molar-refractivity contribution < 1.29 is 0 Å². The van der Waals surface area contributed by atoms with Crippen molar-refractivity contribution in [1.29, 1.82) is 0 Å². The molecule has 3 nitrogen and oxygen atoms in total. The Labute approximate surface area is 111 Å². The monoisotopic (exact) mass is 247 g/mol. The molecule has 1 heterocycles. The second-order valence-corrected chi connectivity index (χ2v) is 5.60. The lowest BCUT2D eigenvalue weighted by atomic mass is 9.93. The summed E-state index contributed by atoms with van der Waals surface area (Å²) in [7, 11) is 4.36. The van der Waals surface area contributed by atoms with Gasteiger partial charge >= 0.3 is 0 Å². The van der Waals surface area contributed by atoms with Crippen LogP contribution >= 0.6 is 0 Å². The van der Waals surface area contributed by atoms with E-state index in [-0.39, 0.29) is 5.54 Å². The highest BCUT2D eigenvalue weighted by molar-refractivity contribution is 5.15. The summed E-state index contributed by atoms with van der Waals surface area (Å²) >= 11 is 0. The zero-order valence-electron chi connectivity index (χ0n) is 11.6. The number of nitrogens with two attached hydrogens (primary N) is 1. The Hall–Kier alpha value is -0.900. The van der Waals surface area contributed by atoms with E-state index >= 15 is 0 Å². The molecule has 0 radical (unpaired) electrons. The molecule has 1 aromatic rings. The Balaban J connectivity index is 1.98. The van der Waals surface area contributed by atoms with Gasteiger partial charge < -0.3 is 10.6 Å². The first-order chi connectivity index (χ1) is 8.66. The lowest BCUT2D eigenvalue weighted by Gasteiger charge is -2.36. The fourth-order valence-corrected chi connectivity index (χ4v) is 2.98. The van der Waals surface area contributed by atoms with Gasteiger partial charge in [-0.05, 0) is 39.0 Å². The average Bonchev–Trinajstić information content (AvgIpc) is 2.76. The maximum atomic E-state index is 5.78. The Morgan fingerprint density at radius 2 is 2.00 bits per heavy atom. The molecule has 0 saturated carbocycles. The quantitative estimate of drug-likeness (QED) is 0.856. The third kappa shape index (κ3) is 2.91. The van der Waals surface area contributed by atoms with Crippen molar-refractivity contribution in [2.75, 3.05) is 33.7 Å². The molecule has 3 heteroatoms. The Morgan fingerprint density at radius 1 is 1.28 bits per heavy atom. The van der Waals surface area contributed by atoms with Crippen LogP contribution in [-0.2, 0) is 6.54 Å². The molecule has 18 heavy (non-hydrogen) atoms. The smallest absolute Gasteiger partial charge is 0.0354 e. The highest BCUT2D eigenvalue weighted by Gasteiger charge is 2.38. The van der Waals surface area contributed by atoms with Crippen LogP contribution in [0, 0.1) is 0 Å². The summed E-state index contributed by atoms with van der Waals surface area (Å²) in [5.74, 6) is 0. The van der Waals surface area contributed by atoms with Gasteiger partial charge in [0, 0.05) is 25.2 Å². The minimum atomic E-state index is 0.281. The highest BCUT2D eigenvalue weighted by atomic mass is 15.3. The lowest BCUT2D eigenvalue weighted by Crippen LogP contribution is -2.47. The fraction of sp³-hybridized carbons (Fsp3) is 0.600. The van der Waals surface area contributed by atoms with Gasteiger partial charge in [0.15, 0.2) is 0 Å². The third-order valence-electron chi connectivity index (χ3n) is 4.22. The summed E-state index contributed by atoms with van der Waals surface area (Å²) in [6.07, 6.45) is 2.31. The Bertz CT molecular complexity index is 363. The van der Waals surface area contributed by atoms with Crippen molar-refractivity contribution in [2.45, 2.75) is 24.9 Å². The normalized spacial score (nSPS) is 24.9. The van der Waals surface area contributed by atoms with Crippen LogP contribution in [0.4, 0.5) is 0 Å². The van der Waals surface area contributed by atoms with Gasteiger partial charge in [0.25, 0.3) is 0 Å². The van der Waals surface area contributed by atoms with E-state index in [1.54, 1.807) is 0 Å². The largest absolute Gasteiger partial charge is 0.330 e. The molecule has 0 spiro atoms. The molecule has 0 bridgehead atoms. The van der Waals surface area contributed by atoms with Crippen LogP contribution in [0.25, 0.3) is 0 Å². The minimum absolute atomic E-state index is 0.281. The van der Waals surface area contributed by atoms with E-state index in [4.69, 9.17) is 5.73 Å². The molecule has 1 aliphatic rings. The van der Waals surface area contributed by atoms with Crippen molar-refractivity contribution in [3.05, 3.63) is 35.9 Å². The van der Waals surface area contributed by atoms with Crippen LogP contribution in [0.5, 0.6) is 0 Å². The van der Waals surface area contributed by atoms with Crippen LogP contribution in [0.3, 0.4) is 0 Å². The van der Waals surface area contributed by atoms with Crippen molar-refractivity contribution in [3.63, 3.8) is 0 Å². The summed E-state index contributed by atoms with van der Waals surface area (Å²) < 4.78 is 0. The van der Waals surface area contributed by atoms with Gasteiger partial charge in [-0.2, -0.15) is 0 Å². The molecule has 2 N–H and O–H groups in total. The highest BCUT2D eigenvalue weighted by Crippen LogP contribution is 2.30. The molecule has 1 saturated heterocycles. The number of hydrogen-bond acceptors (Lipinski definition) is 3. The lowest BCUT2D eigenvalue weighted by molar-refractivity contribution is 0.143. The fourth-order valence-electron chi connectivity index (χ4n) is 2.98. The minimum Gasteiger partial charge on any atom is -0.330 e. The van der Waals surface area contributed by atoms with Crippen molar-refractivity contribution in [3.8, 4) is 0 Å². The zero-order valence-corrected chi connectivity index (χ0v) is 11.6. The van der Waals surface area contributed by atoms with Crippen LogP contribution in [-0.4, -0.2) is 49.1 Å². The van der Waals surface area contributed by atoms with Gasteiger partial charge in [-0.1, -0.05) is 30.3 Å². The standard InChI is InChI=1S/C15H25N3/c1-17(2)15(8-10-16)9-11-18(13-15)12-14-6-4-3-5-7-14/h3-7H,8-13,16H2,1-2H3. The second-order valence-electron chi connectivity index (χ2n) is 5.60. The second kappa shape index (κ2) is 5.83. The molecule has 100 valence electrons. The summed E-state index contributed by atoms with van der Waals surface area (Å²) in [4.78, 5) is 4.91. The van der Waals surface area contributed by atoms with E-state index in [1.165, 1.54) is 18.5 Å². The summed E-state index contributed by atoms with van der Waals surface area (Å²) in [5.41, 5.74) is 7.47. The van der Waals surface area contributed by atoms with Crippen molar-refractivity contribution in [1.82, 2.24) is 9.80 Å². The summed E-state index contributed by atoms with van der Waals surface area (Å²) in [6, 6.07) is 10.7. The van der Waals surface area contributed by atoms with E-state index in [9.17, 15) is 0 Å². The van der Waals surface area contributed by atoms with Gasteiger partial charge in [0.05, 0.1) is 0 Å². The van der Waals surface area contributed by atoms with Gasteiger partial charge in [0.2, 0.25) is 0 Å². The number of likely N-dealkylation sites (tertiary alicyclic amines) is 1. The number of rotatable bonds is 5. The van der Waals surface area contributed by atoms with Crippen molar-refractivity contribution in [2.24, 2.45) is 5.73 Å². The van der Waals surface area contributed by atoms with E-state index in [2.05, 4.69) is 54.2 Å². The molecule has 1 aromatic carbocycles. The van der Waals surface area contributed by atoms with E-state index in [0.717, 1.165) is 26.1 Å². The van der Waals surface area contributed by atoms with Crippen LogP contribution in [0.2, 0.25) is 0 Å². The molecule has 1 atom stereocenters. The molecule has 1 fully saturated rings. The molecule has 0 aromatic heterocycles. The van der Waals surface area contributed by atoms with Gasteiger partial charge in [-0.25, -0.2) is 0 Å². The topological polar surface area (TPSA) is 32.5 Å². The summed E-state index contributed by atoms with van der Waals surface area (Å²) in [5, 5.41) is 0. The first-order valence-electron chi connectivity index (χ1n) is 6.80. The van der Waals surface area contributed by atoms with Crippen LogP contribution < -0.4 is 5.73 Å². The predicted molar refractivity (Wildman–Crippen MR) is 76.4 cm³/mol. The Kier molecular flexibility index (Phi) is 4.38. The third-order valence-corrected chi connectivity index (χ3v) is 4.22. The molecule has 0 amide bonds. The molecular formula is C15H25N3. The SMILES string of the molecule is CN(C)C1(CCN)CCN(Cc2ccccc2)C1. The van der Waals surface area contributed by atoms with E-state index in [0.29, 0.717) is 0 Å². The van der Waals surface area contributed by atoms with Crippen LogP contribution in [0.15, 0.2) is 30.3 Å². The predicted octanol–water partition coefficient (Wildman–Crippen LogP) is 1.54. The van der Waals surface area contributed by atoms with Crippen molar-refractivity contribution >= 4 is 0 Å². The van der Waals surface area contributed by atoms with Gasteiger partial charge in [-0.3, -0.25) is 4.90 Å². The molecule has 2 rings (SSSR count). The zero-order chi connectivity index (χ0) is 13.0. The van der Waals surface area contributed by atoms with Gasteiger partial charge in [0.1, 0.15) is 0 Å². The molecule has 0 aliphatic carbocycles. The first kappa shape index (κ1) is 13.5. The van der Waals surface area contributed by atoms with E-state index < -0.39 is 0 Å². The molecule has 1 unspecified atom stereocenters. The molecule has 1 aliphatic heterocycles. The summed E-state index contributed by atoms with van der Waals surface area (Å²) in [6.45, 7) is 4.14. The maximum Gasteiger partial charge on any atom is 0.0354 e. The van der Waals surface area contributed by atoms with Gasteiger partial charge in [-0.15, -0.1) is 0 Å². The Morgan fingerprint density at radius 3 is 2.61 bits per heavy atom. The van der Waals surface area contributed by atoms with Crippen LogP contribution in [0.1, 0.15) is 18.4 Å². The van der Waals surface area contributed by atoms with E-state index in [1.807, 2.05) is 0 Å².